The van der Waals surface area contributed by atoms with Gasteiger partial charge < -0.3 is 10.1 Å². The lowest BCUT2D eigenvalue weighted by Crippen LogP contribution is -2.41. The Kier molecular flexibility index (Phi) is 3.37. The van der Waals surface area contributed by atoms with Crippen LogP contribution in [0.4, 0.5) is 5.95 Å². The number of methoxy groups -OCH3 is 1. The van der Waals surface area contributed by atoms with Gasteiger partial charge in [0.05, 0.1) is 7.11 Å². The maximum absolute atomic E-state index is 5.58. The van der Waals surface area contributed by atoms with E-state index in [0.717, 1.165) is 29.5 Å². The quantitative estimate of drug-likeness (QED) is 0.600. The van der Waals surface area contributed by atoms with Crippen molar-refractivity contribution in [2.75, 3.05) is 12.4 Å². The van der Waals surface area contributed by atoms with Crippen LogP contribution in [0.25, 0.3) is 22.4 Å². The number of nitrogens with zero attached hydrogens (tertiary/aromatic N) is 6. The van der Waals surface area contributed by atoms with Gasteiger partial charge in [0.2, 0.25) is 17.6 Å². The lowest BCUT2D eigenvalue weighted by molar-refractivity contribution is 0.166. The van der Waals surface area contributed by atoms with Crippen molar-refractivity contribution in [1.29, 1.82) is 0 Å². The molecule has 0 aromatic carbocycles. The minimum Gasteiger partial charge on any atom is -0.479 e. The number of aromatic nitrogens is 6. The summed E-state index contributed by atoms with van der Waals surface area (Å²) in [4.78, 5) is 13.2. The lowest BCUT2D eigenvalue weighted by atomic mass is 9.68. The van der Waals surface area contributed by atoms with Crippen molar-refractivity contribution in [3.05, 3.63) is 37.1 Å². The minimum absolute atomic E-state index is 0.394. The van der Waals surface area contributed by atoms with Crippen LogP contribution in [0, 0.1) is 5.41 Å². The Labute approximate surface area is 156 Å². The van der Waals surface area contributed by atoms with Crippen LogP contribution in [0.15, 0.2) is 37.1 Å². The van der Waals surface area contributed by atoms with E-state index >= 15 is 0 Å². The van der Waals surface area contributed by atoms with E-state index < -0.39 is 0 Å². The van der Waals surface area contributed by atoms with Crippen molar-refractivity contribution < 1.29 is 4.74 Å². The second-order valence-electron chi connectivity index (χ2n) is 7.86. The van der Waals surface area contributed by atoms with Crippen molar-refractivity contribution >= 4 is 17.2 Å². The SMILES string of the molecule is COc1nc(NC2CC(C)(C)C2)nn2ccc(-c3cnc4nccn4c3)c12. The molecule has 0 spiro atoms. The summed E-state index contributed by atoms with van der Waals surface area (Å²) in [6.45, 7) is 4.55. The topological polar surface area (TPSA) is 81.6 Å². The van der Waals surface area contributed by atoms with E-state index in [4.69, 9.17) is 4.74 Å². The number of nitrogens with one attached hydrogen (secondary N) is 1. The Morgan fingerprint density at radius 2 is 2.07 bits per heavy atom. The van der Waals surface area contributed by atoms with Crippen LogP contribution in [0.5, 0.6) is 5.88 Å². The Bertz CT molecular complexity index is 1140. The Hall–Kier alpha value is -3.16. The fourth-order valence-electron chi connectivity index (χ4n) is 3.94. The molecule has 4 aromatic heterocycles. The molecule has 1 N–H and O–H groups in total. The number of anilines is 1. The highest BCUT2D eigenvalue weighted by Gasteiger charge is 2.36. The van der Waals surface area contributed by atoms with Crippen LogP contribution in [0.3, 0.4) is 0 Å². The van der Waals surface area contributed by atoms with Gasteiger partial charge in [-0.1, -0.05) is 13.8 Å². The smallest absolute Gasteiger partial charge is 0.244 e. The molecule has 1 aliphatic rings. The first-order valence-corrected chi connectivity index (χ1v) is 9.01. The molecule has 27 heavy (non-hydrogen) atoms. The second kappa shape index (κ2) is 5.67. The Morgan fingerprint density at radius 3 is 2.85 bits per heavy atom. The molecule has 1 aliphatic carbocycles. The molecule has 0 amide bonds. The van der Waals surface area contributed by atoms with Crippen LogP contribution in [-0.2, 0) is 0 Å². The zero-order chi connectivity index (χ0) is 18.6. The zero-order valence-electron chi connectivity index (χ0n) is 15.5. The largest absolute Gasteiger partial charge is 0.479 e. The standard InChI is InChI=1S/C19H21N7O/c1-19(2)8-13(9-19)22-17-23-16(27-3)15-14(4-6-26(15)24-17)12-10-21-18-20-5-7-25(18)11-12/h4-7,10-11,13H,8-9H2,1-3H3,(H,22,24). The van der Waals surface area contributed by atoms with Crippen molar-refractivity contribution in [3.63, 3.8) is 0 Å². The van der Waals surface area contributed by atoms with E-state index in [1.807, 2.05) is 33.6 Å². The molecule has 0 bridgehead atoms. The normalized spacial score (nSPS) is 16.6. The maximum atomic E-state index is 5.58. The number of ether oxygens (including phenoxy) is 1. The van der Waals surface area contributed by atoms with Crippen molar-refractivity contribution in [2.45, 2.75) is 32.7 Å². The lowest BCUT2D eigenvalue weighted by Gasteiger charge is -2.42. The van der Waals surface area contributed by atoms with E-state index in [9.17, 15) is 0 Å². The molecule has 0 atom stereocenters. The highest BCUT2D eigenvalue weighted by Crippen LogP contribution is 2.41. The Morgan fingerprint density at radius 1 is 1.22 bits per heavy atom. The molecule has 4 aromatic rings. The second-order valence-corrected chi connectivity index (χ2v) is 7.86. The van der Waals surface area contributed by atoms with Gasteiger partial charge in [-0.3, -0.25) is 4.40 Å². The molecule has 0 aliphatic heterocycles. The van der Waals surface area contributed by atoms with Crippen LogP contribution in [0.1, 0.15) is 26.7 Å². The fraction of sp³-hybridized carbons (Fsp3) is 0.368. The zero-order valence-corrected chi connectivity index (χ0v) is 15.5. The van der Waals surface area contributed by atoms with E-state index in [2.05, 4.69) is 39.2 Å². The van der Waals surface area contributed by atoms with Crippen molar-refractivity contribution in [1.82, 2.24) is 29.0 Å². The average molecular weight is 363 g/mol. The summed E-state index contributed by atoms with van der Waals surface area (Å²) >= 11 is 0. The summed E-state index contributed by atoms with van der Waals surface area (Å²) in [5, 5.41) is 8.05. The van der Waals surface area contributed by atoms with Crippen molar-refractivity contribution in [2.24, 2.45) is 5.41 Å². The molecule has 8 nitrogen and oxygen atoms in total. The van der Waals surface area contributed by atoms with Crippen LogP contribution in [-0.4, -0.2) is 42.1 Å². The highest BCUT2D eigenvalue weighted by atomic mass is 16.5. The first-order valence-electron chi connectivity index (χ1n) is 9.01. The van der Waals surface area contributed by atoms with Gasteiger partial charge in [-0.25, -0.2) is 14.5 Å². The van der Waals surface area contributed by atoms with E-state index in [1.165, 1.54) is 0 Å². The third-order valence-corrected chi connectivity index (χ3v) is 5.16. The number of rotatable bonds is 4. The van der Waals surface area contributed by atoms with Gasteiger partial charge in [0.15, 0.2) is 0 Å². The molecule has 4 heterocycles. The molecular weight excluding hydrogens is 342 g/mol. The molecule has 8 heteroatoms. The summed E-state index contributed by atoms with van der Waals surface area (Å²) in [6, 6.07) is 2.41. The van der Waals surface area contributed by atoms with E-state index in [-0.39, 0.29) is 0 Å². The van der Waals surface area contributed by atoms with Crippen LogP contribution in [0.2, 0.25) is 0 Å². The average Bonchev–Trinajstić information content (AvgIpc) is 3.25. The van der Waals surface area contributed by atoms with Gasteiger partial charge in [-0.15, -0.1) is 5.10 Å². The van der Waals surface area contributed by atoms with Crippen LogP contribution < -0.4 is 10.1 Å². The van der Waals surface area contributed by atoms with Gasteiger partial charge >= 0.3 is 0 Å². The highest BCUT2D eigenvalue weighted by molar-refractivity contribution is 5.84. The first kappa shape index (κ1) is 16.0. The predicted molar refractivity (Wildman–Crippen MR) is 102 cm³/mol. The van der Waals surface area contributed by atoms with Gasteiger partial charge in [0.25, 0.3) is 0 Å². The molecule has 138 valence electrons. The third kappa shape index (κ3) is 2.68. The predicted octanol–water partition coefficient (Wildman–Crippen LogP) is 3.05. The van der Waals surface area contributed by atoms with Gasteiger partial charge in [-0.05, 0) is 24.3 Å². The molecule has 0 unspecified atom stereocenters. The number of hydrogen-bond donors (Lipinski definition) is 1. The summed E-state index contributed by atoms with van der Waals surface area (Å²) < 4.78 is 9.28. The van der Waals surface area contributed by atoms with Gasteiger partial charge in [-0.2, -0.15) is 4.98 Å². The van der Waals surface area contributed by atoms with Gasteiger partial charge in [0.1, 0.15) is 5.52 Å². The molecule has 0 radical (unpaired) electrons. The molecule has 5 rings (SSSR count). The van der Waals surface area contributed by atoms with Crippen LogP contribution >= 0.6 is 0 Å². The molecular formula is C19H21N7O. The van der Waals surface area contributed by atoms with E-state index in [1.54, 1.807) is 19.5 Å². The maximum Gasteiger partial charge on any atom is 0.244 e. The molecule has 1 saturated carbocycles. The summed E-state index contributed by atoms with van der Waals surface area (Å²) in [7, 11) is 1.63. The number of fused-ring (bicyclic) bond motifs is 2. The van der Waals surface area contributed by atoms with Crippen molar-refractivity contribution in [3.8, 4) is 17.0 Å². The summed E-state index contributed by atoms with van der Waals surface area (Å²) in [6.07, 6.45) is 11.6. The molecule has 0 saturated heterocycles. The minimum atomic E-state index is 0.394. The third-order valence-electron chi connectivity index (χ3n) is 5.16. The Balaban J connectivity index is 1.55. The summed E-state index contributed by atoms with van der Waals surface area (Å²) in [5.74, 6) is 1.79. The van der Waals surface area contributed by atoms with Gasteiger partial charge in [0, 0.05) is 48.2 Å². The summed E-state index contributed by atoms with van der Waals surface area (Å²) in [5.41, 5.74) is 3.13. The molecule has 1 fully saturated rings. The van der Waals surface area contributed by atoms with E-state index in [0.29, 0.717) is 29.1 Å². The fourth-order valence-corrected chi connectivity index (χ4v) is 3.94. The number of imidazole rings is 1. The monoisotopic (exact) mass is 363 g/mol. The number of hydrogen-bond acceptors (Lipinski definition) is 6. The first-order chi connectivity index (χ1) is 13.0.